The number of benzene rings is 1. The van der Waals surface area contributed by atoms with Crippen molar-refractivity contribution in [1.29, 1.82) is 0 Å². The van der Waals surface area contributed by atoms with Gasteiger partial charge in [-0.3, -0.25) is 20.2 Å². The average molecular weight is 337 g/mol. The molecule has 24 heavy (non-hydrogen) atoms. The summed E-state index contributed by atoms with van der Waals surface area (Å²) in [5.41, 5.74) is 0.490. The number of rotatable bonds is 5. The van der Waals surface area contributed by atoms with Crippen LogP contribution in [0.25, 0.3) is 6.08 Å². The van der Waals surface area contributed by atoms with Crippen LogP contribution in [-0.2, 0) is 4.79 Å². The molecule has 1 heterocycles. The van der Waals surface area contributed by atoms with Crippen molar-refractivity contribution in [2.24, 2.45) is 0 Å². The molecule has 1 aromatic rings. The van der Waals surface area contributed by atoms with Gasteiger partial charge in [0, 0.05) is 4.92 Å². The Hall–Kier alpha value is -3.30. The molecule has 0 bridgehead atoms. The molecule has 0 aliphatic carbocycles. The molecule has 1 aromatic carbocycles. The summed E-state index contributed by atoms with van der Waals surface area (Å²) in [7, 11) is 2.72. The summed E-state index contributed by atoms with van der Waals surface area (Å²) in [5.74, 6) is -0.888. The maximum absolute atomic E-state index is 11.6. The summed E-state index contributed by atoms with van der Waals surface area (Å²) in [6.45, 7) is 0. The first-order valence-corrected chi connectivity index (χ1v) is 6.75. The zero-order valence-electron chi connectivity index (χ0n) is 12.8. The van der Waals surface area contributed by atoms with Crippen molar-refractivity contribution < 1.29 is 29.1 Å². The standard InChI is InChI=1S/C14H15N3O7/c1-23-9-5-7(6-10(24-2)12(9)18)3-4-8-11(17(21)22)13(19)16-14(20)15-8/h3-6,8,11,18H,1-2H3,(H2,15,16,19,20). The second-order valence-electron chi connectivity index (χ2n) is 4.85. The van der Waals surface area contributed by atoms with Gasteiger partial charge in [0.2, 0.25) is 5.75 Å². The molecule has 128 valence electrons. The van der Waals surface area contributed by atoms with E-state index in [1.165, 1.54) is 38.5 Å². The Morgan fingerprint density at radius 3 is 2.33 bits per heavy atom. The van der Waals surface area contributed by atoms with Crippen LogP contribution < -0.4 is 20.1 Å². The normalized spacial score (nSPS) is 20.4. The second-order valence-corrected chi connectivity index (χ2v) is 4.85. The van der Waals surface area contributed by atoms with Gasteiger partial charge in [0.25, 0.3) is 0 Å². The van der Waals surface area contributed by atoms with Gasteiger partial charge in [-0.1, -0.05) is 12.2 Å². The topological polar surface area (TPSA) is 140 Å². The summed E-state index contributed by atoms with van der Waals surface area (Å²) >= 11 is 0. The highest BCUT2D eigenvalue weighted by atomic mass is 16.6. The Morgan fingerprint density at radius 2 is 1.83 bits per heavy atom. The Kier molecular flexibility index (Phi) is 4.87. The third-order valence-electron chi connectivity index (χ3n) is 3.37. The van der Waals surface area contributed by atoms with Gasteiger partial charge < -0.3 is 19.9 Å². The zero-order valence-corrected chi connectivity index (χ0v) is 12.8. The fourth-order valence-electron chi connectivity index (χ4n) is 2.22. The van der Waals surface area contributed by atoms with E-state index < -0.39 is 28.9 Å². The SMILES string of the molecule is COc1cc(C=CC2NC(=O)NC(=O)C2[N+](=O)[O-])cc(OC)c1O. The number of amides is 3. The molecule has 2 atom stereocenters. The number of carbonyl (C=O) groups is 2. The highest BCUT2D eigenvalue weighted by Gasteiger charge is 2.43. The minimum atomic E-state index is -1.64. The Bertz CT molecular complexity index is 691. The van der Waals surface area contributed by atoms with Gasteiger partial charge in [-0.05, 0) is 17.7 Å². The average Bonchev–Trinajstić information content (AvgIpc) is 2.52. The molecular weight excluding hydrogens is 322 g/mol. The van der Waals surface area contributed by atoms with Gasteiger partial charge in [-0.15, -0.1) is 0 Å². The zero-order chi connectivity index (χ0) is 17.9. The van der Waals surface area contributed by atoms with E-state index in [9.17, 15) is 24.8 Å². The molecule has 2 unspecified atom stereocenters. The van der Waals surface area contributed by atoms with Crippen LogP contribution in [0.3, 0.4) is 0 Å². The van der Waals surface area contributed by atoms with Crippen molar-refractivity contribution in [2.45, 2.75) is 12.1 Å². The van der Waals surface area contributed by atoms with E-state index in [0.717, 1.165) is 0 Å². The second kappa shape index (κ2) is 6.86. The van der Waals surface area contributed by atoms with Crippen molar-refractivity contribution in [3.05, 3.63) is 33.9 Å². The number of nitrogens with zero attached hydrogens (tertiary/aromatic N) is 1. The van der Waals surface area contributed by atoms with Gasteiger partial charge in [0.15, 0.2) is 11.5 Å². The molecule has 10 nitrogen and oxygen atoms in total. The van der Waals surface area contributed by atoms with Gasteiger partial charge >= 0.3 is 18.0 Å². The van der Waals surface area contributed by atoms with Crippen LogP contribution in [0.15, 0.2) is 18.2 Å². The summed E-state index contributed by atoms with van der Waals surface area (Å²) in [6, 6.07) is -0.624. The first kappa shape index (κ1) is 17.1. The predicted octanol–water partition coefficient (Wildman–Crippen LogP) is 0.276. The third-order valence-corrected chi connectivity index (χ3v) is 3.37. The molecule has 1 fully saturated rings. The number of ether oxygens (including phenoxy) is 2. The lowest BCUT2D eigenvalue weighted by atomic mass is 10.0. The lowest BCUT2D eigenvalue weighted by Gasteiger charge is -2.23. The number of methoxy groups -OCH3 is 2. The number of aromatic hydroxyl groups is 1. The highest BCUT2D eigenvalue weighted by Crippen LogP contribution is 2.37. The quantitative estimate of drug-likeness (QED) is 0.517. The monoisotopic (exact) mass is 337 g/mol. The van der Waals surface area contributed by atoms with Crippen LogP contribution in [0.4, 0.5) is 4.79 Å². The van der Waals surface area contributed by atoms with E-state index in [1.54, 1.807) is 0 Å². The molecule has 3 amide bonds. The first-order chi connectivity index (χ1) is 11.4. The van der Waals surface area contributed by atoms with Crippen molar-refractivity contribution >= 4 is 18.0 Å². The Morgan fingerprint density at radius 1 is 1.25 bits per heavy atom. The molecule has 1 aliphatic rings. The molecule has 1 aliphatic heterocycles. The van der Waals surface area contributed by atoms with Crippen LogP contribution in [0.5, 0.6) is 17.2 Å². The number of carbonyl (C=O) groups excluding carboxylic acids is 2. The fourth-order valence-corrected chi connectivity index (χ4v) is 2.22. The maximum Gasteiger partial charge on any atom is 0.322 e. The van der Waals surface area contributed by atoms with Gasteiger partial charge in [0.05, 0.1) is 14.2 Å². The summed E-state index contributed by atoms with van der Waals surface area (Å²) < 4.78 is 10.0. The molecule has 0 saturated carbocycles. The lowest BCUT2D eigenvalue weighted by Crippen LogP contribution is -2.62. The van der Waals surface area contributed by atoms with Crippen LogP contribution >= 0.6 is 0 Å². The number of phenolic OH excluding ortho intramolecular Hbond substituents is 1. The van der Waals surface area contributed by atoms with E-state index >= 15 is 0 Å². The molecule has 3 N–H and O–H groups in total. The van der Waals surface area contributed by atoms with E-state index in [2.05, 4.69) is 5.32 Å². The molecule has 0 aromatic heterocycles. The summed E-state index contributed by atoms with van der Waals surface area (Å²) in [5, 5.41) is 25.0. The summed E-state index contributed by atoms with van der Waals surface area (Å²) in [4.78, 5) is 33.2. The van der Waals surface area contributed by atoms with E-state index in [-0.39, 0.29) is 17.2 Å². The number of hydrogen-bond acceptors (Lipinski definition) is 7. The van der Waals surface area contributed by atoms with Gasteiger partial charge in [-0.2, -0.15) is 0 Å². The largest absolute Gasteiger partial charge is 0.502 e. The van der Waals surface area contributed by atoms with Crippen LogP contribution in [0.2, 0.25) is 0 Å². The number of phenols is 1. The maximum atomic E-state index is 11.6. The van der Waals surface area contributed by atoms with Crippen molar-refractivity contribution in [3.8, 4) is 17.2 Å². The van der Waals surface area contributed by atoms with Crippen LogP contribution in [-0.4, -0.2) is 48.3 Å². The molecule has 0 radical (unpaired) electrons. The first-order valence-electron chi connectivity index (χ1n) is 6.75. The van der Waals surface area contributed by atoms with E-state index in [4.69, 9.17) is 9.47 Å². The van der Waals surface area contributed by atoms with E-state index in [0.29, 0.717) is 5.56 Å². The minimum absolute atomic E-state index is 0.144. The third kappa shape index (κ3) is 3.37. The lowest BCUT2D eigenvalue weighted by molar-refractivity contribution is -0.510. The summed E-state index contributed by atoms with van der Waals surface area (Å²) in [6.07, 6.45) is 2.76. The van der Waals surface area contributed by atoms with Crippen molar-refractivity contribution in [2.75, 3.05) is 14.2 Å². The molecule has 1 saturated heterocycles. The highest BCUT2D eigenvalue weighted by molar-refractivity contribution is 6.00. The Balaban J connectivity index is 2.33. The molecular formula is C14H15N3O7. The van der Waals surface area contributed by atoms with Crippen molar-refractivity contribution in [3.63, 3.8) is 0 Å². The number of nitrogens with one attached hydrogen (secondary N) is 2. The van der Waals surface area contributed by atoms with Crippen LogP contribution in [0.1, 0.15) is 5.56 Å². The predicted molar refractivity (Wildman–Crippen MR) is 81.5 cm³/mol. The molecule has 2 rings (SSSR count). The van der Waals surface area contributed by atoms with Gasteiger partial charge in [0.1, 0.15) is 6.04 Å². The molecule has 10 heteroatoms. The van der Waals surface area contributed by atoms with Crippen molar-refractivity contribution in [1.82, 2.24) is 10.6 Å². The Labute approximate surface area is 136 Å². The fraction of sp³-hybridized carbons (Fsp3) is 0.286. The smallest absolute Gasteiger partial charge is 0.322 e. The number of hydrogen-bond donors (Lipinski definition) is 3. The van der Waals surface area contributed by atoms with Crippen LogP contribution in [0, 0.1) is 10.1 Å². The molecule has 0 spiro atoms. The minimum Gasteiger partial charge on any atom is -0.502 e. The number of nitro groups is 1. The number of urea groups is 1. The van der Waals surface area contributed by atoms with Gasteiger partial charge in [-0.25, -0.2) is 4.79 Å². The number of imide groups is 1. The van der Waals surface area contributed by atoms with E-state index in [1.807, 2.05) is 5.32 Å².